The van der Waals surface area contributed by atoms with Crippen LogP contribution in [0, 0.1) is 5.92 Å². The van der Waals surface area contributed by atoms with Crippen LogP contribution < -0.4 is 16.2 Å². The predicted octanol–water partition coefficient (Wildman–Crippen LogP) is 1.28. The van der Waals surface area contributed by atoms with Gasteiger partial charge in [0.05, 0.1) is 7.11 Å². The van der Waals surface area contributed by atoms with Gasteiger partial charge in [-0.3, -0.25) is 9.69 Å². The Morgan fingerprint density at radius 1 is 1.38 bits per heavy atom. The van der Waals surface area contributed by atoms with E-state index in [0.717, 1.165) is 37.2 Å². The number of carbonyl (C=O) groups is 1. The summed E-state index contributed by atoms with van der Waals surface area (Å²) in [6.07, 6.45) is 1.62. The lowest BCUT2D eigenvalue weighted by Crippen LogP contribution is -2.45. The zero-order valence-electron chi connectivity index (χ0n) is 12.8. The molecule has 1 amide bonds. The summed E-state index contributed by atoms with van der Waals surface area (Å²) in [5, 5.41) is 0. The van der Waals surface area contributed by atoms with Crippen LogP contribution in [0.2, 0.25) is 0 Å². The van der Waals surface area contributed by atoms with Crippen LogP contribution in [0.5, 0.6) is 5.75 Å². The van der Waals surface area contributed by atoms with E-state index in [1.54, 1.807) is 7.11 Å². The molecule has 2 rings (SSSR count). The van der Waals surface area contributed by atoms with E-state index in [9.17, 15) is 4.79 Å². The Hall–Kier alpha value is -1.59. The molecule has 0 spiro atoms. The fraction of sp³-hybridized carbons (Fsp3) is 0.562. The molecule has 1 aliphatic heterocycles. The summed E-state index contributed by atoms with van der Waals surface area (Å²) in [5.74, 6) is 0.652. The lowest BCUT2D eigenvalue weighted by Gasteiger charge is -2.39. The molecule has 0 radical (unpaired) electrons. The minimum absolute atomic E-state index is 0.000269. The van der Waals surface area contributed by atoms with Gasteiger partial charge in [0.2, 0.25) is 5.91 Å². The van der Waals surface area contributed by atoms with Crippen molar-refractivity contribution in [1.29, 1.82) is 0 Å². The standard InChI is InChI=1S/C16H25N3O2/c1-11(17)15(13-4-3-5-14(10-13)21-2)19-8-6-12(7-9-19)16(18)20/h3-5,10-12,15H,6-9,17H2,1-2H3,(H2,18,20). The molecule has 1 aliphatic rings. The summed E-state index contributed by atoms with van der Waals surface area (Å²) in [6.45, 7) is 3.71. The van der Waals surface area contributed by atoms with Crippen LogP contribution >= 0.6 is 0 Å². The van der Waals surface area contributed by atoms with Gasteiger partial charge in [-0.2, -0.15) is 0 Å². The highest BCUT2D eigenvalue weighted by Gasteiger charge is 2.30. The second kappa shape index (κ2) is 6.91. The van der Waals surface area contributed by atoms with Gasteiger partial charge < -0.3 is 16.2 Å². The van der Waals surface area contributed by atoms with Crippen molar-refractivity contribution in [2.75, 3.05) is 20.2 Å². The van der Waals surface area contributed by atoms with E-state index >= 15 is 0 Å². The average Bonchev–Trinajstić information content (AvgIpc) is 2.48. The first-order chi connectivity index (χ1) is 10.0. The minimum Gasteiger partial charge on any atom is -0.497 e. The summed E-state index contributed by atoms with van der Waals surface area (Å²) in [5.41, 5.74) is 12.8. The molecule has 1 aromatic carbocycles. The number of nitrogens with two attached hydrogens (primary N) is 2. The van der Waals surface area contributed by atoms with E-state index in [2.05, 4.69) is 11.0 Å². The molecule has 5 nitrogen and oxygen atoms in total. The number of hydrogen-bond donors (Lipinski definition) is 2. The Morgan fingerprint density at radius 3 is 2.57 bits per heavy atom. The summed E-state index contributed by atoms with van der Waals surface area (Å²) in [7, 11) is 1.67. The zero-order valence-corrected chi connectivity index (χ0v) is 12.8. The number of nitrogens with zero attached hydrogens (tertiary/aromatic N) is 1. The Bertz CT molecular complexity index is 482. The van der Waals surface area contributed by atoms with Gasteiger partial charge >= 0.3 is 0 Å². The van der Waals surface area contributed by atoms with Crippen LogP contribution in [0.15, 0.2) is 24.3 Å². The van der Waals surface area contributed by atoms with Gasteiger partial charge in [0.15, 0.2) is 0 Å². The third-order valence-corrected chi connectivity index (χ3v) is 4.26. The number of hydrogen-bond acceptors (Lipinski definition) is 4. The first-order valence-corrected chi connectivity index (χ1v) is 7.46. The van der Waals surface area contributed by atoms with Crippen LogP contribution in [0.3, 0.4) is 0 Å². The maximum absolute atomic E-state index is 11.3. The number of likely N-dealkylation sites (tertiary alicyclic amines) is 1. The molecule has 1 saturated heterocycles. The maximum atomic E-state index is 11.3. The smallest absolute Gasteiger partial charge is 0.220 e. The number of benzene rings is 1. The van der Waals surface area contributed by atoms with Crippen molar-refractivity contribution in [3.8, 4) is 5.75 Å². The van der Waals surface area contributed by atoms with Crippen LogP contribution in [-0.2, 0) is 4.79 Å². The van der Waals surface area contributed by atoms with E-state index in [1.165, 1.54) is 0 Å². The first kappa shape index (κ1) is 15.8. The number of carbonyl (C=O) groups excluding carboxylic acids is 1. The Labute approximate surface area is 126 Å². The number of ether oxygens (including phenoxy) is 1. The third-order valence-electron chi connectivity index (χ3n) is 4.26. The molecule has 0 saturated carbocycles. The van der Waals surface area contributed by atoms with Crippen molar-refractivity contribution in [3.05, 3.63) is 29.8 Å². The summed E-state index contributed by atoms with van der Waals surface area (Å²) in [6, 6.07) is 8.17. The number of rotatable bonds is 5. The number of primary amides is 1. The molecule has 0 aromatic heterocycles. The topological polar surface area (TPSA) is 81.6 Å². The molecule has 0 bridgehead atoms. The van der Waals surface area contributed by atoms with Crippen molar-refractivity contribution < 1.29 is 9.53 Å². The highest BCUT2D eigenvalue weighted by atomic mass is 16.5. The first-order valence-electron chi connectivity index (χ1n) is 7.46. The summed E-state index contributed by atoms with van der Waals surface area (Å²) >= 11 is 0. The van der Waals surface area contributed by atoms with Gasteiger partial charge in [0.1, 0.15) is 5.75 Å². The van der Waals surface area contributed by atoms with Crippen LogP contribution in [-0.4, -0.2) is 37.0 Å². The largest absolute Gasteiger partial charge is 0.497 e. The number of methoxy groups -OCH3 is 1. The van der Waals surface area contributed by atoms with Crippen LogP contribution in [0.1, 0.15) is 31.4 Å². The Morgan fingerprint density at radius 2 is 2.05 bits per heavy atom. The van der Waals surface area contributed by atoms with Gasteiger partial charge in [-0.05, 0) is 50.6 Å². The maximum Gasteiger partial charge on any atom is 0.220 e. The van der Waals surface area contributed by atoms with Gasteiger partial charge in [-0.1, -0.05) is 12.1 Å². The second-order valence-electron chi connectivity index (χ2n) is 5.79. The highest BCUT2D eigenvalue weighted by molar-refractivity contribution is 5.76. The predicted molar refractivity (Wildman–Crippen MR) is 82.9 cm³/mol. The molecular formula is C16H25N3O2. The van der Waals surface area contributed by atoms with E-state index < -0.39 is 0 Å². The highest BCUT2D eigenvalue weighted by Crippen LogP contribution is 2.30. The SMILES string of the molecule is COc1cccc(C(C(C)N)N2CCC(C(N)=O)CC2)c1. The fourth-order valence-corrected chi connectivity index (χ4v) is 3.13. The minimum atomic E-state index is -0.187. The van der Waals surface area contributed by atoms with Crippen LogP contribution in [0.25, 0.3) is 0 Å². The second-order valence-corrected chi connectivity index (χ2v) is 5.79. The molecule has 2 atom stereocenters. The molecule has 4 N–H and O–H groups in total. The average molecular weight is 291 g/mol. The zero-order chi connectivity index (χ0) is 15.4. The molecule has 0 aliphatic carbocycles. The molecule has 1 heterocycles. The van der Waals surface area contributed by atoms with Gasteiger partial charge in [0, 0.05) is 18.0 Å². The van der Waals surface area contributed by atoms with Crippen molar-refractivity contribution in [2.45, 2.75) is 31.8 Å². The number of piperidine rings is 1. The van der Waals surface area contributed by atoms with Crippen molar-refractivity contribution in [1.82, 2.24) is 4.90 Å². The Balaban J connectivity index is 2.14. The van der Waals surface area contributed by atoms with Crippen molar-refractivity contribution in [2.24, 2.45) is 17.4 Å². The fourth-order valence-electron chi connectivity index (χ4n) is 3.13. The summed E-state index contributed by atoms with van der Waals surface area (Å²) < 4.78 is 5.30. The molecule has 1 aromatic rings. The molecule has 21 heavy (non-hydrogen) atoms. The van der Waals surface area contributed by atoms with Gasteiger partial charge in [-0.15, -0.1) is 0 Å². The summed E-state index contributed by atoms with van der Waals surface area (Å²) in [4.78, 5) is 13.6. The van der Waals surface area contributed by atoms with E-state index in [-0.39, 0.29) is 23.9 Å². The third kappa shape index (κ3) is 3.74. The Kier molecular flexibility index (Phi) is 5.20. The van der Waals surface area contributed by atoms with Crippen LogP contribution in [0.4, 0.5) is 0 Å². The monoisotopic (exact) mass is 291 g/mol. The lowest BCUT2D eigenvalue weighted by molar-refractivity contribution is -0.123. The molecule has 2 unspecified atom stereocenters. The van der Waals surface area contributed by atoms with Crippen molar-refractivity contribution in [3.63, 3.8) is 0 Å². The number of amides is 1. The van der Waals surface area contributed by atoms with E-state index in [0.29, 0.717) is 0 Å². The molecule has 116 valence electrons. The van der Waals surface area contributed by atoms with Crippen molar-refractivity contribution >= 4 is 5.91 Å². The van der Waals surface area contributed by atoms with Gasteiger partial charge in [-0.25, -0.2) is 0 Å². The molecule has 5 heteroatoms. The van der Waals surface area contributed by atoms with E-state index in [1.807, 2.05) is 25.1 Å². The molecular weight excluding hydrogens is 266 g/mol. The van der Waals surface area contributed by atoms with Gasteiger partial charge in [0.25, 0.3) is 0 Å². The molecule has 1 fully saturated rings. The lowest BCUT2D eigenvalue weighted by atomic mass is 9.91. The normalized spacial score (nSPS) is 20.0. The quantitative estimate of drug-likeness (QED) is 0.856. The van der Waals surface area contributed by atoms with E-state index in [4.69, 9.17) is 16.2 Å².